The van der Waals surface area contributed by atoms with Crippen molar-refractivity contribution in [2.75, 3.05) is 19.6 Å². The number of benzene rings is 2. The average Bonchev–Trinajstić information content (AvgIpc) is 2.77. The number of aliphatic hydroxyl groups is 1. The first-order chi connectivity index (χ1) is 15.0. The van der Waals surface area contributed by atoms with Crippen LogP contribution in [0.1, 0.15) is 47.6 Å². The molecular formula is C25H33Cl3N2O3. The van der Waals surface area contributed by atoms with Crippen molar-refractivity contribution in [3.05, 3.63) is 69.7 Å². The van der Waals surface area contributed by atoms with E-state index in [0.29, 0.717) is 17.6 Å². The number of aryl methyl sites for hydroxylation is 1. The molecule has 2 atom stereocenters. The highest BCUT2D eigenvalue weighted by molar-refractivity contribution is 6.30. The number of halogens is 3. The zero-order chi connectivity index (χ0) is 21.8. The molecule has 8 heteroatoms. The number of carbonyl (C=O) groups is 1. The van der Waals surface area contributed by atoms with Gasteiger partial charge in [-0.2, -0.15) is 0 Å². The summed E-state index contributed by atoms with van der Waals surface area (Å²) < 4.78 is 0. The Morgan fingerprint density at radius 2 is 1.85 bits per heavy atom. The number of nitrogens with zero attached hydrogens (tertiary/aromatic N) is 1. The third-order valence-corrected chi connectivity index (χ3v) is 6.91. The lowest BCUT2D eigenvalue weighted by Crippen LogP contribution is -2.37. The molecule has 1 saturated heterocycles. The van der Waals surface area contributed by atoms with Gasteiger partial charge in [0, 0.05) is 24.2 Å². The Bertz CT molecular complexity index is 920. The summed E-state index contributed by atoms with van der Waals surface area (Å²) in [6, 6.07) is 14.5. The SMILES string of the molecule is Cl.Cl.O=C(O)C1CCN(Cc2ccc3c(c2)C[C@@H](NC[C@@H](O)c2cccc(Cl)c2)CC3)CC1. The van der Waals surface area contributed by atoms with Crippen LogP contribution in [0, 0.1) is 5.92 Å². The summed E-state index contributed by atoms with van der Waals surface area (Å²) in [6.45, 7) is 3.09. The molecule has 2 aromatic carbocycles. The number of likely N-dealkylation sites (tertiary alicyclic amines) is 1. The number of hydrogen-bond acceptors (Lipinski definition) is 4. The predicted octanol–water partition coefficient (Wildman–Crippen LogP) is 4.66. The van der Waals surface area contributed by atoms with E-state index in [1.54, 1.807) is 0 Å². The number of hydrogen-bond donors (Lipinski definition) is 3. The Labute approximate surface area is 213 Å². The number of rotatable bonds is 7. The highest BCUT2D eigenvalue weighted by Crippen LogP contribution is 2.25. The maximum absolute atomic E-state index is 11.2. The molecule has 182 valence electrons. The smallest absolute Gasteiger partial charge is 0.306 e. The van der Waals surface area contributed by atoms with Gasteiger partial charge in [0.2, 0.25) is 0 Å². The van der Waals surface area contributed by atoms with Gasteiger partial charge in [0.1, 0.15) is 0 Å². The summed E-state index contributed by atoms with van der Waals surface area (Å²) in [5.74, 6) is -0.846. The van der Waals surface area contributed by atoms with E-state index >= 15 is 0 Å². The van der Waals surface area contributed by atoms with Crippen molar-refractivity contribution in [3.8, 4) is 0 Å². The van der Waals surface area contributed by atoms with Gasteiger partial charge in [-0.15, -0.1) is 24.8 Å². The Morgan fingerprint density at radius 3 is 2.55 bits per heavy atom. The molecule has 0 bridgehead atoms. The molecule has 0 aromatic heterocycles. The molecule has 1 aliphatic carbocycles. The van der Waals surface area contributed by atoms with E-state index in [4.69, 9.17) is 11.6 Å². The van der Waals surface area contributed by atoms with Crippen molar-refractivity contribution in [2.24, 2.45) is 5.92 Å². The maximum atomic E-state index is 11.2. The second kappa shape index (κ2) is 12.9. The van der Waals surface area contributed by atoms with Crippen LogP contribution < -0.4 is 5.32 Å². The molecule has 1 heterocycles. The van der Waals surface area contributed by atoms with E-state index in [-0.39, 0.29) is 30.7 Å². The molecule has 2 aromatic rings. The quantitative estimate of drug-likeness (QED) is 0.500. The van der Waals surface area contributed by atoms with E-state index in [1.165, 1.54) is 16.7 Å². The van der Waals surface area contributed by atoms with E-state index in [2.05, 4.69) is 28.4 Å². The third-order valence-electron chi connectivity index (χ3n) is 6.68. The van der Waals surface area contributed by atoms with Crippen molar-refractivity contribution in [1.82, 2.24) is 10.2 Å². The maximum Gasteiger partial charge on any atom is 0.306 e. The second-order valence-electron chi connectivity index (χ2n) is 8.91. The van der Waals surface area contributed by atoms with Crippen molar-refractivity contribution >= 4 is 42.4 Å². The average molecular weight is 516 g/mol. The summed E-state index contributed by atoms with van der Waals surface area (Å²) in [5.41, 5.74) is 4.94. The standard InChI is InChI=1S/C25H31ClN2O3.2ClH/c26-22-3-1-2-20(13-22)24(29)15-27-23-7-6-18-5-4-17(12-21(18)14-23)16-28-10-8-19(9-11-28)25(30)31;;/h1-5,12-13,19,23-24,27,29H,6-11,14-16H2,(H,30,31);2*1H/t23-,24+;;/m0../s1. The largest absolute Gasteiger partial charge is 0.481 e. The van der Waals surface area contributed by atoms with Crippen LogP contribution in [0.15, 0.2) is 42.5 Å². The number of carboxylic acids is 1. The van der Waals surface area contributed by atoms with Crippen molar-refractivity contribution in [1.29, 1.82) is 0 Å². The molecule has 0 spiro atoms. The highest BCUT2D eigenvalue weighted by Gasteiger charge is 2.25. The van der Waals surface area contributed by atoms with E-state index < -0.39 is 12.1 Å². The van der Waals surface area contributed by atoms with Crippen LogP contribution in [0.5, 0.6) is 0 Å². The highest BCUT2D eigenvalue weighted by atomic mass is 35.5. The summed E-state index contributed by atoms with van der Waals surface area (Å²) in [5, 5.41) is 23.8. The fraction of sp³-hybridized carbons (Fsp3) is 0.480. The zero-order valence-corrected chi connectivity index (χ0v) is 21.0. The van der Waals surface area contributed by atoms with Crippen LogP contribution in [0.2, 0.25) is 5.02 Å². The van der Waals surface area contributed by atoms with Crippen molar-refractivity contribution in [3.63, 3.8) is 0 Å². The number of aliphatic hydroxyl groups excluding tert-OH is 1. The molecular weight excluding hydrogens is 483 g/mol. The first-order valence-electron chi connectivity index (χ1n) is 11.2. The van der Waals surface area contributed by atoms with Crippen LogP contribution in [-0.4, -0.2) is 46.8 Å². The normalized spacial score (nSPS) is 19.6. The Hall–Kier alpha value is -1.34. The first kappa shape index (κ1) is 27.9. The fourth-order valence-electron chi connectivity index (χ4n) is 4.79. The number of fused-ring (bicyclic) bond motifs is 1. The summed E-state index contributed by atoms with van der Waals surface area (Å²) >= 11 is 6.04. The first-order valence-corrected chi connectivity index (χ1v) is 11.6. The van der Waals surface area contributed by atoms with Crippen molar-refractivity contribution < 1.29 is 15.0 Å². The van der Waals surface area contributed by atoms with Crippen LogP contribution in [0.3, 0.4) is 0 Å². The van der Waals surface area contributed by atoms with Gasteiger partial charge in [0.05, 0.1) is 12.0 Å². The summed E-state index contributed by atoms with van der Waals surface area (Å²) in [7, 11) is 0. The summed E-state index contributed by atoms with van der Waals surface area (Å²) in [6.07, 6.45) is 3.98. The zero-order valence-electron chi connectivity index (χ0n) is 18.6. The number of piperidine rings is 1. The minimum absolute atomic E-state index is 0. The number of nitrogens with one attached hydrogen (secondary N) is 1. The van der Waals surface area contributed by atoms with Gasteiger partial charge in [-0.3, -0.25) is 9.69 Å². The van der Waals surface area contributed by atoms with Gasteiger partial charge in [-0.1, -0.05) is 41.9 Å². The lowest BCUT2D eigenvalue weighted by molar-refractivity contribution is -0.143. The molecule has 0 amide bonds. The topological polar surface area (TPSA) is 72.8 Å². The Kier molecular flexibility index (Phi) is 10.9. The molecule has 4 rings (SSSR count). The van der Waals surface area contributed by atoms with E-state index in [1.807, 2.05) is 24.3 Å². The molecule has 0 unspecified atom stereocenters. The van der Waals surface area contributed by atoms with Crippen LogP contribution >= 0.6 is 36.4 Å². The molecule has 2 aliphatic rings. The summed E-state index contributed by atoms with van der Waals surface area (Å²) in [4.78, 5) is 13.5. The number of aliphatic carboxylic acids is 1. The molecule has 5 nitrogen and oxygen atoms in total. The van der Waals surface area contributed by atoms with Crippen LogP contribution in [0.25, 0.3) is 0 Å². The minimum atomic E-state index is -0.660. The molecule has 0 radical (unpaired) electrons. The van der Waals surface area contributed by atoms with Crippen LogP contribution in [0.4, 0.5) is 0 Å². The van der Waals surface area contributed by atoms with Crippen LogP contribution in [-0.2, 0) is 24.2 Å². The van der Waals surface area contributed by atoms with E-state index in [0.717, 1.165) is 57.3 Å². The molecule has 3 N–H and O–H groups in total. The van der Waals surface area contributed by atoms with Gasteiger partial charge in [0.25, 0.3) is 0 Å². The fourth-order valence-corrected chi connectivity index (χ4v) is 4.99. The monoisotopic (exact) mass is 514 g/mol. The Morgan fingerprint density at radius 1 is 1.09 bits per heavy atom. The van der Waals surface area contributed by atoms with Gasteiger partial charge in [0.15, 0.2) is 0 Å². The van der Waals surface area contributed by atoms with Gasteiger partial charge in [-0.25, -0.2) is 0 Å². The van der Waals surface area contributed by atoms with Gasteiger partial charge < -0.3 is 15.5 Å². The van der Waals surface area contributed by atoms with Gasteiger partial charge in [-0.05, 0) is 79.6 Å². The molecule has 1 aliphatic heterocycles. The minimum Gasteiger partial charge on any atom is -0.481 e. The number of carboxylic acid groups (broad SMARTS) is 1. The third kappa shape index (κ3) is 7.57. The molecule has 0 saturated carbocycles. The molecule has 1 fully saturated rings. The molecule has 33 heavy (non-hydrogen) atoms. The Balaban J connectivity index is 0.00000193. The van der Waals surface area contributed by atoms with E-state index in [9.17, 15) is 15.0 Å². The van der Waals surface area contributed by atoms with Gasteiger partial charge >= 0.3 is 5.97 Å². The second-order valence-corrected chi connectivity index (χ2v) is 9.35. The predicted molar refractivity (Wildman–Crippen MR) is 137 cm³/mol. The van der Waals surface area contributed by atoms with Crippen molar-refractivity contribution in [2.45, 2.75) is 50.8 Å². The lowest BCUT2D eigenvalue weighted by atomic mass is 9.87. The lowest BCUT2D eigenvalue weighted by Gasteiger charge is -2.31.